The van der Waals surface area contributed by atoms with E-state index in [0.29, 0.717) is 17.2 Å². The Bertz CT molecular complexity index is 1030. The molecule has 0 spiro atoms. The highest BCUT2D eigenvalue weighted by molar-refractivity contribution is 6.74. The summed E-state index contributed by atoms with van der Waals surface area (Å²) < 4.78 is 22.2. The summed E-state index contributed by atoms with van der Waals surface area (Å²) in [6.07, 6.45) is 2.19. The molecule has 0 saturated carbocycles. The van der Waals surface area contributed by atoms with Crippen molar-refractivity contribution < 1.29 is 33.0 Å². The third kappa shape index (κ3) is 5.03. The number of methoxy groups -OCH3 is 3. The Morgan fingerprint density at radius 2 is 1.58 bits per heavy atom. The fraction of sp³-hybridized carbons (Fsp3) is 0.593. The molecule has 9 heteroatoms. The van der Waals surface area contributed by atoms with E-state index in [1.54, 1.807) is 24.1 Å². The van der Waals surface area contributed by atoms with Crippen LogP contribution in [-0.4, -0.2) is 53.5 Å². The van der Waals surface area contributed by atoms with Crippen molar-refractivity contribution in [1.82, 2.24) is 0 Å². The van der Waals surface area contributed by atoms with Crippen molar-refractivity contribution in [3.05, 3.63) is 36.1 Å². The number of benzene rings is 1. The van der Waals surface area contributed by atoms with Gasteiger partial charge < -0.3 is 23.5 Å². The summed E-state index contributed by atoms with van der Waals surface area (Å²) >= 11 is 0. The maximum absolute atomic E-state index is 13.1. The average Bonchev–Trinajstić information content (AvgIpc) is 2.84. The Labute approximate surface area is 215 Å². The normalized spacial score (nSPS) is 26.5. The van der Waals surface area contributed by atoms with Crippen molar-refractivity contribution in [3.8, 4) is 5.75 Å². The lowest BCUT2D eigenvalue weighted by molar-refractivity contribution is -0.161. The number of carbonyl (C=O) groups is 3. The van der Waals surface area contributed by atoms with E-state index in [4.69, 9.17) is 18.6 Å². The first-order valence-corrected chi connectivity index (χ1v) is 15.2. The molecule has 0 aromatic heterocycles. The summed E-state index contributed by atoms with van der Waals surface area (Å²) in [4.78, 5) is 40.8. The average molecular weight is 518 g/mol. The summed E-state index contributed by atoms with van der Waals surface area (Å²) in [5.74, 6) is -2.13. The Hall–Kier alpha value is -2.81. The SMILES string of the molecule is COC(=O)[C@H]1[C@@H]([C@H]2[C@@H](C)C(=O)N2c2ccc(OC)cc2)C=C(O[Si](C)(C)C(C)(C)C)C[C@@H]1C(=O)OC. The fourth-order valence-corrected chi connectivity index (χ4v) is 6.02. The molecule has 0 N–H and O–H groups in total. The topological polar surface area (TPSA) is 91.4 Å². The highest BCUT2D eigenvalue weighted by Crippen LogP contribution is 2.48. The molecule has 1 aliphatic heterocycles. The third-order valence-corrected chi connectivity index (χ3v) is 12.4. The maximum Gasteiger partial charge on any atom is 0.310 e. The number of rotatable bonds is 7. The monoisotopic (exact) mass is 517 g/mol. The number of allylic oxidation sites excluding steroid dienone is 1. The zero-order chi connectivity index (χ0) is 27.0. The summed E-state index contributed by atoms with van der Waals surface area (Å²) in [6.45, 7) is 12.6. The predicted molar refractivity (Wildman–Crippen MR) is 139 cm³/mol. The second-order valence-corrected chi connectivity index (χ2v) is 15.9. The molecule has 1 heterocycles. The second kappa shape index (κ2) is 10.3. The van der Waals surface area contributed by atoms with E-state index in [1.807, 2.05) is 25.1 Å². The van der Waals surface area contributed by atoms with Crippen molar-refractivity contribution in [2.24, 2.45) is 23.7 Å². The van der Waals surface area contributed by atoms with Crippen LogP contribution in [0.2, 0.25) is 18.1 Å². The number of anilines is 1. The molecule has 198 valence electrons. The molecule has 0 radical (unpaired) electrons. The van der Waals surface area contributed by atoms with Crippen LogP contribution in [0.1, 0.15) is 34.1 Å². The van der Waals surface area contributed by atoms with E-state index in [1.165, 1.54) is 14.2 Å². The largest absolute Gasteiger partial charge is 0.547 e. The molecule has 1 aromatic carbocycles. The first-order chi connectivity index (χ1) is 16.8. The molecule has 8 nitrogen and oxygen atoms in total. The molecule has 0 bridgehead atoms. The minimum atomic E-state index is -2.23. The molecule has 2 aliphatic rings. The van der Waals surface area contributed by atoms with Gasteiger partial charge in [0, 0.05) is 18.0 Å². The highest BCUT2D eigenvalue weighted by Gasteiger charge is 2.56. The molecular weight excluding hydrogens is 478 g/mol. The van der Waals surface area contributed by atoms with Gasteiger partial charge in [0.2, 0.25) is 14.2 Å². The van der Waals surface area contributed by atoms with Gasteiger partial charge in [-0.25, -0.2) is 0 Å². The highest BCUT2D eigenvalue weighted by atomic mass is 28.4. The summed E-state index contributed by atoms with van der Waals surface area (Å²) in [5, 5.41) is -0.0574. The molecule has 36 heavy (non-hydrogen) atoms. The van der Waals surface area contributed by atoms with Crippen LogP contribution >= 0.6 is 0 Å². The summed E-state index contributed by atoms with van der Waals surface area (Å²) in [5.41, 5.74) is 0.702. The minimum Gasteiger partial charge on any atom is -0.547 e. The van der Waals surface area contributed by atoms with Gasteiger partial charge in [0.15, 0.2) is 0 Å². The van der Waals surface area contributed by atoms with Crippen molar-refractivity contribution in [2.75, 3.05) is 26.2 Å². The zero-order valence-corrected chi connectivity index (χ0v) is 23.8. The smallest absolute Gasteiger partial charge is 0.310 e. The molecule has 1 fully saturated rings. The lowest BCUT2D eigenvalue weighted by atomic mass is 9.66. The second-order valence-electron chi connectivity index (χ2n) is 11.1. The van der Waals surface area contributed by atoms with Gasteiger partial charge in [-0.1, -0.05) is 27.7 Å². The van der Waals surface area contributed by atoms with E-state index in [9.17, 15) is 14.4 Å². The van der Waals surface area contributed by atoms with Crippen molar-refractivity contribution in [1.29, 1.82) is 0 Å². The van der Waals surface area contributed by atoms with Gasteiger partial charge in [0.25, 0.3) is 0 Å². The van der Waals surface area contributed by atoms with E-state index >= 15 is 0 Å². The van der Waals surface area contributed by atoms with Gasteiger partial charge in [-0.3, -0.25) is 14.4 Å². The third-order valence-electron chi connectivity index (χ3n) is 8.00. The van der Waals surface area contributed by atoms with Crippen LogP contribution in [0.3, 0.4) is 0 Å². The van der Waals surface area contributed by atoms with Crippen molar-refractivity contribution >= 4 is 31.9 Å². The standard InChI is InChI=1S/C27H39NO7Si/c1-16-23(28(24(16)29)17-10-12-18(32-5)13-11-17)20-14-19(35-36(8,9)27(2,3)4)15-21(25(30)33-6)22(20)26(31)34-7/h10-14,16,20-23H,15H2,1-9H3/t16-,20+,21+,22+,23-/m1/s1. The van der Waals surface area contributed by atoms with Gasteiger partial charge in [-0.2, -0.15) is 0 Å². The van der Waals surface area contributed by atoms with Crippen LogP contribution in [-0.2, 0) is 28.3 Å². The first-order valence-electron chi connectivity index (χ1n) is 12.3. The predicted octanol–water partition coefficient (Wildman–Crippen LogP) is 4.55. The Balaban J connectivity index is 2.10. The lowest BCUT2D eigenvalue weighted by Gasteiger charge is -2.52. The molecule has 5 atom stereocenters. The number of hydrogen-bond donors (Lipinski definition) is 0. The molecule has 0 unspecified atom stereocenters. The number of hydrogen-bond acceptors (Lipinski definition) is 7. The van der Waals surface area contributed by atoms with Crippen LogP contribution in [0.4, 0.5) is 5.69 Å². The van der Waals surface area contributed by atoms with Crippen LogP contribution < -0.4 is 9.64 Å². The minimum absolute atomic E-state index is 0.0470. The zero-order valence-electron chi connectivity index (χ0n) is 22.8. The lowest BCUT2D eigenvalue weighted by Crippen LogP contribution is -2.65. The van der Waals surface area contributed by atoms with Crippen LogP contribution in [0.5, 0.6) is 5.75 Å². The summed E-state index contributed by atoms with van der Waals surface area (Å²) in [6, 6.07) is 6.86. The Morgan fingerprint density at radius 1 is 1.00 bits per heavy atom. The number of amides is 1. The Kier molecular flexibility index (Phi) is 7.93. The molecule has 1 aromatic rings. The number of β-lactam (4-membered cyclic amide) rings is 1. The van der Waals surface area contributed by atoms with Gasteiger partial charge in [-0.05, 0) is 48.5 Å². The summed E-state index contributed by atoms with van der Waals surface area (Å²) in [7, 11) is 1.98. The number of carbonyl (C=O) groups excluding carboxylic acids is 3. The molecular formula is C27H39NO7Si. The van der Waals surface area contributed by atoms with Crippen LogP contribution in [0, 0.1) is 23.7 Å². The van der Waals surface area contributed by atoms with Gasteiger partial charge in [0.05, 0.1) is 50.9 Å². The first kappa shape index (κ1) is 27.8. The molecule has 3 rings (SSSR count). The quantitative estimate of drug-likeness (QED) is 0.298. The Morgan fingerprint density at radius 3 is 2.08 bits per heavy atom. The fourth-order valence-electron chi connectivity index (χ4n) is 4.91. The van der Waals surface area contributed by atoms with Crippen LogP contribution in [0.15, 0.2) is 36.1 Å². The number of nitrogens with zero attached hydrogens (tertiary/aromatic N) is 1. The van der Waals surface area contributed by atoms with Gasteiger partial charge in [0.1, 0.15) is 5.75 Å². The van der Waals surface area contributed by atoms with Crippen molar-refractivity contribution in [3.63, 3.8) is 0 Å². The van der Waals surface area contributed by atoms with Gasteiger partial charge >= 0.3 is 11.9 Å². The maximum atomic E-state index is 13.1. The number of esters is 2. The van der Waals surface area contributed by atoms with E-state index in [-0.39, 0.29) is 29.3 Å². The van der Waals surface area contributed by atoms with Gasteiger partial charge in [-0.15, -0.1) is 0 Å². The number of ether oxygens (including phenoxy) is 3. The molecule has 1 saturated heterocycles. The van der Waals surface area contributed by atoms with E-state index in [2.05, 4.69) is 33.9 Å². The van der Waals surface area contributed by atoms with E-state index < -0.39 is 38.0 Å². The molecule has 1 aliphatic carbocycles. The van der Waals surface area contributed by atoms with Crippen LogP contribution in [0.25, 0.3) is 0 Å². The van der Waals surface area contributed by atoms with Crippen molar-refractivity contribution in [2.45, 2.75) is 58.3 Å². The van der Waals surface area contributed by atoms with E-state index in [0.717, 1.165) is 0 Å². The molecule has 1 amide bonds.